The lowest BCUT2D eigenvalue weighted by Gasteiger charge is -2.26. The Bertz CT molecular complexity index is 2060. The van der Waals surface area contributed by atoms with E-state index in [0.29, 0.717) is 13.1 Å². The summed E-state index contributed by atoms with van der Waals surface area (Å²) in [5.41, 5.74) is 5.94. The van der Waals surface area contributed by atoms with E-state index in [1.54, 1.807) is 0 Å². The van der Waals surface area contributed by atoms with Crippen molar-refractivity contribution in [3.8, 4) is 0 Å². The Kier molecular flexibility index (Phi) is 8.45. The molecule has 2 aliphatic heterocycles. The second-order valence-electron chi connectivity index (χ2n) is 13.2. The second kappa shape index (κ2) is 12.5. The molecule has 0 fully saturated rings. The first-order valence-corrected chi connectivity index (χ1v) is 16.1. The summed E-state index contributed by atoms with van der Waals surface area (Å²) in [5.74, 6) is -1.89. The number of rotatable bonds is 10. The van der Waals surface area contributed by atoms with Crippen LogP contribution in [0.4, 0.5) is 11.4 Å². The molecular weight excluding hydrogens is 584 g/mol. The first-order chi connectivity index (χ1) is 22.5. The van der Waals surface area contributed by atoms with Crippen LogP contribution in [0.1, 0.15) is 51.7 Å². The number of carboxylic acids is 2. The van der Waals surface area contributed by atoms with Gasteiger partial charge in [0, 0.05) is 53.4 Å². The number of allylic oxidation sites excluding steroid dienone is 8. The van der Waals surface area contributed by atoms with Gasteiger partial charge in [-0.15, -0.1) is 0 Å². The number of hydrogen-bond donors (Lipinski definition) is 1. The van der Waals surface area contributed by atoms with Gasteiger partial charge in [-0.25, -0.2) is 0 Å². The minimum Gasteiger partial charge on any atom is -0.550 e. The minimum atomic E-state index is -1.07. The fourth-order valence-corrected chi connectivity index (χ4v) is 7.45. The molecule has 238 valence electrons. The molecule has 1 N–H and O–H groups in total. The van der Waals surface area contributed by atoms with Crippen LogP contribution in [0.3, 0.4) is 0 Å². The molecule has 2 heterocycles. The molecule has 0 atom stereocenters. The Morgan fingerprint density at radius 3 is 2.06 bits per heavy atom. The van der Waals surface area contributed by atoms with Gasteiger partial charge in [0.25, 0.3) is 0 Å². The molecule has 0 bridgehead atoms. The van der Waals surface area contributed by atoms with Crippen LogP contribution < -0.4 is 10.0 Å². The summed E-state index contributed by atoms with van der Waals surface area (Å²) in [4.78, 5) is 25.1. The molecule has 0 unspecified atom stereocenters. The highest BCUT2D eigenvalue weighted by Gasteiger charge is 2.45. The van der Waals surface area contributed by atoms with E-state index in [1.807, 2.05) is 48.6 Å². The van der Waals surface area contributed by atoms with Gasteiger partial charge in [0.1, 0.15) is 0 Å². The quantitative estimate of drug-likeness (QED) is 0.148. The maximum absolute atomic E-state index is 11.5. The molecule has 0 saturated carbocycles. The van der Waals surface area contributed by atoms with Gasteiger partial charge in [0.2, 0.25) is 5.69 Å². The molecule has 6 heteroatoms. The number of carbonyl (C=O) groups excluding carboxylic acids is 1. The Hall–Kier alpha value is -5.23. The molecule has 2 aliphatic rings. The van der Waals surface area contributed by atoms with Crippen LogP contribution in [0.5, 0.6) is 0 Å². The number of benzene rings is 4. The average Bonchev–Trinajstić information content (AvgIpc) is 3.40. The zero-order chi connectivity index (χ0) is 33.3. The second-order valence-corrected chi connectivity index (χ2v) is 13.2. The third-order valence-corrected chi connectivity index (χ3v) is 9.55. The van der Waals surface area contributed by atoms with Crippen LogP contribution in [0.25, 0.3) is 21.5 Å². The molecule has 0 amide bonds. The predicted molar refractivity (Wildman–Crippen MR) is 188 cm³/mol. The normalized spacial score (nSPS) is 17.6. The molecule has 47 heavy (non-hydrogen) atoms. The van der Waals surface area contributed by atoms with Crippen molar-refractivity contribution in [1.29, 1.82) is 0 Å². The van der Waals surface area contributed by atoms with Crippen molar-refractivity contribution in [2.24, 2.45) is 0 Å². The van der Waals surface area contributed by atoms with Crippen molar-refractivity contribution in [1.82, 2.24) is 0 Å². The van der Waals surface area contributed by atoms with Crippen LogP contribution in [0.2, 0.25) is 0 Å². The van der Waals surface area contributed by atoms with E-state index in [0.717, 1.165) is 28.2 Å². The molecule has 6 nitrogen and oxygen atoms in total. The molecular formula is C41H40N2O4. The third-order valence-electron chi connectivity index (χ3n) is 9.55. The highest BCUT2D eigenvalue weighted by molar-refractivity contribution is 6.07. The van der Waals surface area contributed by atoms with Crippen molar-refractivity contribution in [3.05, 3.63) is 132 Å². The summed E-state index contributed by atoms with van der Waals surface area (Å²) < 4.78 is 2.11. The van der Waals surface area contributed by atoms with E-state index in [-0.39, 0.29) is 23.7 Å². The highest BCUT2D eigenvalue weighted by Crippen LogP contribution is 2.51. The first-order valence-electron chi connectivity index (χ1n) is 16.1. The van der Waals surface area contributed by atoms with Gasteiger partial charge in [0.15, 0.2) is 12.3 Å². The Labute approximate surface area is 276 Å². The van der Waals surface area contributed by atoms with Crippen LogP contribution in [0, 0.1) is 0 Å². The summed E-state index contributed by atoms with van der Waals surface area (Å²) in [6, 6.07) is 25.1. The molecule has 4 aromatic carbocycles. The number of carbonyl (C=O) groups is 2. The standard InChI is InChI=1S/C41H40N2O4/c1-40(2)34(42(26-24-36(44)45)32-22-20-28-14-10-12-16-30(28)38(32)40)18-8-6-5-7-9-19-35-41(3,4)39-31-17-13-11-15-29(31)21-23-33(39)43(35)27-25-37(46)47/h5-23H,24-27H2,1-4H3,(H-,44,45,46,47). The lowest BCUT2D eigenvalue weighted by molar-refractivity contribution is -0.439. The fourth-order valence-electron chi connectivity index (χ4n) is 7.45. The SMILES string of the molecule is CC1(C)C(=CC=CC=CC=CC2=[N+](CCC(=O)[O-])c3ccc4ccccc4c3C2(C)C)N(CCC(=O)O)c2ccc3ccccc3c21. The molecule has 6 rings (SSSR count). The van der Waals surface area contributed by atoms with Crippen LogP contribution in [0.15, 0.2) is 121 Å². The van der Waals surface area contributed by atoms with Gasteiger partial charge in [-0.05, 0) is 59.2 Å². The van der Waals surface area contributed by atoms with Crippen molar-refractivity contribution >= 4 is 50.6 Å². The number of hydrogen-bond acceptors (Lipinski definition) is 4. The van der Waals surface area contributed by atoms with Gasteiger partial charge in [-0.2, -0.15) is 4.58 Å². The third kappa shape index (κ3) is 5.80. The smallest absolute Gasteiger partial charge is 0.305 e. The number of aliphatic carboxylic acids is 2. The first kappa shape index (κ1) is 31.7. The Morgan fingerprint density at radius 1 is 0.766 bits per heavy atom. The minimum absolute atomic E-state index is 0.0446. The van der Waals surface area contributed by atoms with E-state index in [2.05, 4.69) is 104 Å². The monoisotopic (exact) mass is 624 g/mol. The summed E-state index contributed by atoms with van der Waals surface area (Å²) in [6.07, 6.45) is 14.1. The zero-order valence-electron chi connectivity index (χ0n) is 27.4. The van der Waals surface area contributed by atoms with E-state index >= 15 is 0 Å². The summed E-state index contributed by atoms with van der Waals surface area (Å²) in [5, 5.41) is 25.6. The van der Waals surface area contributed by atoms with Crippen molar-refractivity contribution in [2.75, 3.05) is 18.0 Å². The van der Waals surface area contributed by atoms with Gasteiger partial charge >= 0.3 is 5.97 Å². The molecule has 4 aromatic rings. The van der Waals surface area contributed by atoms with Gasteiger partial charge < -0.3 is 19.9 Å². The average molecular weight is 625 g/mol. The van der Waals surface area contributed by atoms with E-state index in [4.69, 9.17) is 0 Å². The zero-order valence-corrected chi connectivity index (χ0v) is 27.4. The van der Waals surface area contributed by atoms with Gasteiger partial charge in [0.05, 0.1) is 11.8 Å². The van der Waals surface area contributed by atoms with Gasteiger partial charge in [-0.3, -0.25) is 4.79 Å². The van der Waals surface area contributed by atoms with E-state index < -0.39 is 11.9 Å². The van der Waals surface area contributed by atoms with E-state index in [9.17, 15) is 19.8 Å². The van der Waals surface area contributed by atoms with Crippen LogP contribution >= 0.6 is 0 Å². The topological polar surface area (TPSA) is 83.7 Å². The summed E-state index contributed by atoms with van der Waals surface area (Å²) >= 11 is 0. The fraction of sp³-hybridized carbons (Fsp3) is 0.244. The lowest BCUT2D eigenvalue weighted by atomic mass is 9.79. The van der Waals surface area contributed by atoms with Crippen molar-refractivity contribution in [3.63, 3.8) is 0 Å². The van der Waals surface area contributed by atoms with Crippen LogP contribution in [-0.2, 0) is 20.4 Å². The number of anilines is 1. The van der Waals surface area contributed by atoms with Crippen LogP contribution in [-0.4, -0.2) is 40.4 Å². The molecule has 0 aromatic heterocycles. The molecule has 0 radical (unpaired) electrons. The maximum atomic E-state index is 11.5. The van der Waals surface area contributed by atoms with E-state index in [1.165, 1.54) is 27.3 Å². The number of fused-ring (bicyclic) bond motifs is 6. The Balaban J connectivity index is 1.28. The highest BCUT2D eigenvalue weighted by atomic mass is 16.4. The lowest BCUT2D eigenvalue weighted by Crippen LogP contribution is -2.30. The largest absolute Gasteiger partial charge is 0.550 e. The number of nitrogens with zero attached hydrogens (tertiary/aromatic N) is 2. The van der Waals surface area contributed by atoms with Crippen molar-refractivity contribution < 1.29 is 24.4 Å². The summed E-state index contributed by atoms with van der Waals surface area (Å²) in [7, 11) is 0. The predicted octanol–water partition coefficient (Wildman–Crippen LogP) is 7.33. The molecule has 0 aliphatic carbocycles. The van der Waals surface area contributed by atoms with Crippen molar-refractivity contribution in [2.45, 2.75) is 51.4 Å². The number of carboxylic acid groups (broad SMARTS) is 2. The summed E-state index contributed by atoms with van der Waals surface area (Å²) in [6.45, 7) is 9.50. The Morgan fingerprint density at radius 2 is 1.38 bits per heavy atom. The maximum Gasteiger partial charge on any atom is 0.305 e. The van der Waals surface area contributed by atoms with Gasteiger partial charge in [-0.1, -0.05) is 98.8 Å². The molecule has 0 spiro atoms. The molecule has 0 saturated heterocycles.